The van der Waals surface area contributed by atoms with Crippen LogP contribution in [0.15, 0.2) is 12.1 Å². The van der Waals surface area contributed by atoms with E-state index in [4.69, 9.17) is 38.4 Å². The van der Waals surface area contributed by atoms with Gasteiger partial charge in [0.1, 0.15) is 53.6 Å². The number of fused-ring (bicyclic) bond motifs is 2. The molecule has 0 radical (unpaired) electrons. The molecule has 1 amide bonds. The second-order valence-corrected chi connectivity index (χ2v) is 15.5. The first kappa shape index (κ1) is 35.4. The molecule has 0 aliphatic carbocycles. The Bertz CT molecular complexity index is 2240. The summed E-state index contributed by atoms with van der Waals surface area (Å²) in [6, 6.07) is 3.61. The Morgan fingerprint density at radius 3 is 2.92 bits per heavy atom. The molecule has 6 heterocycles. The minimum absolute atomic E-state index is 0.00233. The molecule has 17 heteroatoms. The average Bonchev–Trinajstić information content (AvgIpc) is 3.77. The number of nitrogens with zero attached hydrogens (tertiary/aromatic N) is 7. The number of aromatic nitrogens is 2. The van der Waals surface area contributed by atoms with Crippen molar-refractivity contribution in [2.45, 2.75) is 49.5 Å². The van der Waals surface area contributed by atoms with Crippen LogP contribution in [0.5, 0.6) is 11.8 Å². The van der Waals surface area contributed by atoms with Crippen molar-refractivity contribution in [1.82, 2.24) is 25.1 Å². The van der Waals surface area contributed by atoms with E-state index < -0.39 is 29.4 Å². The van der Waals surface area contributed by atoms with E-state index in [0.717, 1.165) is 36.8 Å². The molecule has 1 unspecified atom stereocenters. The topological polar surface area (TPSA) is 147 Å². The fraction of sp³-hybridized carbons (Fsp3) is 0.472. The molecule has 2 aromatic carbocycles. The van der Waals surface area contributed by atoms with Crippen molar-refractivity contribution < 1.29 is 27.4 Å². The third-order valence-electron chi connectivity index (χ3n) is 10.8. The van der Waals surface area contributed by atoms with Crippen LogP contribution in [-0.4, -0.2) is 109 Å². The van der Waals surface area contributed by atoms with E-state index >= 15 is 8.78 Å². The highest BCUT2D eigenvalue weighted by Crippen LogP contribution is 2.51. The van der Waals surface area contributed by atoms with Crippen LogP contribution in [0.3, 0.4) is 0 Å². The molecule has 8 rings (SSSR count). The van der Waals surface area contributed by atoms with Crippen LogP contribution in [0.4, 0.5) is 24.0 Å². The van der Waals surface area contributed by atoms with E-state index in [0.29, 0.717) is 39.0 Å². The number of anilines is 2. The lowest BCUT2D eigenvalue weighted by atomic mass is 9.95. The van der Waals surface area contributed by atoms with Gasteiger partial charge in [0.15, 0.2) is 11.6 Å². The Balaban J connectivity index is 1.29. The molecule has 4 aliphatic rings. The number of ether oxygens (including phenoxy) is 2. The van der Waals surface area contributed by atoms with Gasteiger partial charge in [0, 0.05) is 50.6 Å². The first-order chi connectivity index (χ1) is 25.5. The Labute approximate surface area is 312 Å². The van der Waals surface area contributed by atoms with Crippen molar-refractivity contribution >= 4 is 60.7 Å². The number of alkyl halides is 1. The monoisotopic (exact) mass is 765 g/mol. The third-order valence-corrected chi connectivity index (χ3v) is 12.2. The van der Waals surface area contributed by atoms with Crippen molar-refractivity contribution in [3.63, 3.8) is 0 Å². The normalized spacial score (nSPS) is 23.4. The van der Waals surface area contributed by atoms with E-state index in [1.54, 1.807) is 11.9 Å². The van der Waals surface area contributed by atoms with Crippen LogP contribution in [0.1, 0.15) is 31.2 Å². The molecule has 276 valence electrons. The molecule has 0 bridgehead atoms. The molecule has 3 N–H and O–H groups in total. The van der Waals surface area contributed by atoms with Crippen molar-refractivity contribution in [2.75, 3.05) is 70.2 Å². The minimum Gasteiger partial charge on any atom is -0.489 e. The van der Waals surface area contributed by atoms with Gasteiger partial charge in [-0.25, -0.2) is 19.7 Å². The summed E-state index contributed by atoms with van der Waals surface area (Å²) >= 11 is 7.95. The maximum Gasteiger partial charge on any atom is 0.319 e. The lowest BCUT2D eigenvalue weighted by molar-refractivity contribution is -0.129. The number of hydrogen-bond donors (Lipinski definition) is 2. The zero-order chi connectivity index (χ0) is 37.2. The Morgan fingerprint density at radius 2 is 2.17 bits per heavy atom. The van der Waals surface area contributed by atoms with Crippen LogP contribution >= 0.6 is 22.9 Å². The zero-order valence-electron chi connectivity index (χ0n) is 28.7. The van der Waals surface area contributed by atoms with Gasteiger partial charge in [-0.2, -0.15) is 15.2 Å². The molecule has 4 aliphatic heterocycles. The summed E-state index contributed by atoms with van der Waals surface area (Å²) in [6.07, 6.45) is 1.40. The van der Waals surface area contributed by atoms with Gasteiger partial charge in [0.05, 0.1) is 32.3 Å². The van der Waals surface area contributed by atoms with Gasteiger partial charge in [0.25, 0.3) is 0 Å². The Kier molecular flexibility index (Phi) is 9.13. The first-order valence-electron chi connectivity index (χ1n) is 17.4. The molecule has 0 spiro atoms. The standard InChI is InChI=1S/C36H35ClF3N9O3S/c1-43-13-19-16-51-30-26-29(28(40)25(27(30)37)20-5-6-22(39)31-24(20)21(12-41)32(42)53-31)45-35(52-17-36-7-3-9-48(36)15-18(38)11-36)46-33(26)49(19)10-4-8-47(2)34(50)23-14-44-23/h5-6,18-19,23,44H,3-4,7-11,13-17,42H2,2H3/t18-,19?,23-,36+/m1/s1. The van der Waals surface area contributed by atoms with Crippen molar-refractivity contribution in [2.24, 2.45) is 0 Å². The number of hydrogen-bond acceptors (Lipinski definition) is 11. The second kappa shape index (κ2) is 13.7. The summed E-state index contributed by atoms with van der Waals surface area (Å²) in [6.45, 7) is 10.2. The molecule has 4 aromatic rings. The van der Waals surface area contributed by atoms with Crippen LogP contribution in [-0.2, 0) is 4.79 Å². The van der Waals surface area contributed by atoms with Crippen molar-refractivity contribution in [3.05, 3.63) is 45.8 Å². The number of carbonyl (C=O) groups excluding carboxylic acids is 1. The second-order valence-electron chi connectivity index (χ2n) is 14.1. The van der Waals surface area contributed by atoms with Gasteiger partial charge < -0.3 is 35.2 Å². The van der Waals surface area contributed by atoms with Crippen LogP contribution in [0, 0.1) is 29.5 Å². The quantitative estimate of drug-likeness (QED) is 0.164. The summed E-state index contributed by atoms with van der Waals surface area (Å²) < 4.78 is 59.8. The number of nitrogens with two attached hydrogens (primary N) is 1. The van der Waals surface area contributed by atoms with Crippen molar-refractivity contribution in [1.29, 1.82) is 5.26 Å². The van der Waals surface area contributed by atoms with Crippen LogP contribution < -0.4 is 25.4 Å². The maximum absolute atomic E-state index is 17.4. The predicted octanol–water partition coefficient (Wildman–Crippen LogP) is 5.16. The Morgan fingerprint density at radius 1 is 1.36 bits per heavy atom. The summed E-state index contributed by atoms with van der Waals surface area (Å²) in [4.78, 5) is 31.3. The van der Waals surface area contributed by atoms with Gasteiger partial charge in [-0.1, -0.05) is 17.7 Å². The van der Waals surface area contributed by atoms with E-state index in [2.05, 4.69) is 20.0 Å². The first-order valence-corrected chi connectivity index (χ1v) is 18.6. The number of nitrogens with one attached hydrogen (secondary N) is 1. The predicted molar refractivity (Wildman–Crippen MR) is 195 cm³/mol. The Hall–Kier alpha value is -4.61. The lowest BCUT2D eigenvalue weighted by Gasteiger charge is -2.31. The van der Waals surface area contributed by atoms with Crippen LogP contribution in [0.25, 0.3) is 37.0 Å². The van der Waals surface area contributed by atoms with Gasteiger partial charge in [-0.15, -0.1) is 11.3 Å². The molecular weight excluding hydrogens is 731 g/mol. The highest BCUT2D eigenvalue weighted by molar-refractivity contribution is 7.23. The smallest absolute Gasteiger partial charge is 0.319 e. The zero-order valence-corrected chi connectivity index (χ0v) is 30.3. The van der Waals surface area contributed by atoms with E-state index in [-0.39, 0.29) is 97.0 Å². The molecule has 53 heavy (non-hydrogen) atoms. The molecule has 3 saturated heterocycles. The number of carbonyl (C=O) groups is 1. The third kappa shape index (κ3) is 6.02. The van der Waals surface area contributed by atoms with Gasteiger partial charge in [-0.3, -0.25) is 9.69 Å². The molecule has 4 atom stereocenters. The number of nitriles is 1. The average molecular weight is 766 g/mol. The van der Waals surface area contributed by atoms with Crippen molar-refractivity contribution in [3.8, 4) is 29.0 Å². The number of benzene rings is 2. The number of likely N-dealkylation sites (N-methyl/N-ethyl adjacent to an activating group) is 1. The van der Waals surface area contributed by atoms with Gasteiger partial charge in [0.2, 0.25) is 12.5 Å². The molecular formula is C36H35ClF3N9O3S. The molecule has 12 nitrogen and oxygen atoms in total. The number of amides is 1. The number of nitrogen functional groups attached to an aromatic ring is 1. The van der Waals surface area contributed by atoms with Gasteiger partial charge >= 0.3 is 6.01 Å². The highest BCUT2D eigenvalue weighted by Gasteiger charge is 2.49. The highest BCUT2D eigenvalue weighted by atomic mass is 35.5. The van der Waals surface area contributed by atoms with E-state index in [9.17, 15) is 14.4 Å². The number of thiophene rings is 1. The molecule has 0 saturated carbocycles. The lowest BCUT2D eigenvalue weighted by Crippen LogP contribution is -2.44. The van der Waals surface area contributed by atoms with Gasteiger partial charge in [-0.05, 0) is 37.4 Å². The van der Waals surface area contributed by atoms with E-state index in [1.165, 1.54) is 6.07 Å². The fourth-order valence-corrected chi connectivity index (χ4v) is 9.39. The number of rotatable bonds is 10. The maximum atomic E-state index is 17.4. The van der Waals surface area contributed by atoms with Crippen LogP contribution in [0.2, 0.25) is 5.02 Å². The molecule has 2 aromatic heterocycles. The van der Waals surface area contributed by atoms with E-state index in [1.807, 2.05) is 11.0 Å². The summed E-state index contributed by atoms with van der Waals surface area (Å²) in [7, 11) is 1.73. The minimum atomic E-state index is -0.995. The number of halogens is 4. The fourth-order valence-electron chi connectivity index (χ4n) is 8.11. The largest absolute Gasteiger partial charge is 0.489 e. The summed E-state index contributed by atoms with van der Waals surface area (Å²) in [5.41, 5.74) is 5.30. The summed E-state index contributed by atoms with van der Waals surface area (Å²) in [5, 5.41) is 13.2. The summed E-state index contributed by atoms with van der Waals surface area (Å²) in [5.74, 6) is -1.24. The molecule has 3 fully saturated rings. The SMILES string of the molecule is [C-]#[N+]CC1COc2c(Cl)c(-c3ccc(F)c4sc(N)c(C#N)c34)c(F)c3nc(OC[C@@]45CCCN4C[C@H](F)C5)nc(c23)N1CCCN(C)C(=O)[C@H]1CN1.